The number of aryl methyl sites for hydroxylation is 2. The van der Waals surface area contributed by atoms with Crippen LogP contribution in [0.4, 0.5) is 0 Å². The van der Waals surface area contributed by atoms with E-state index in [2.05, 4.69) is 42.5 Å². The van der Waals surface area contributed by atoms with Gasteiger partial charge in [-0.05, 0) is 67.7 Å². The lowest BCUT2D eigenvalue weighted by Gasteiger charge is -2.16. The lowest BCUT2D eigenvalue weighted by Crippen LogP contribution is -2.39. The summed E-state index contributed by atoms with van der Waals surface area (Å²) in [6, 6.07) is 7.85. The van der Waals surface area contributed by atoms with Gasteiger partial charge in [0.25, 0.3) is 5.91 Å². The minimum absolute atomic E-state index is 0.0880. The largest absolute Gasteiger partial charge is 0.394 e. The Morgan fingerprint density at radius 3 is 2.76 bits per heavy atom. The van der Waals surface area contributed by atoms with Crippen LogP contribution in [0, 0.1) is 19.3 Å². The first kappa shape index (κ1) is 16.3. The van der Waals surface area contributed by atoms with E-state index in [9.17, 15) is 9.90 Å². The predicted molar refractivity (Wildman–Crippen MR) is 95.6 cm³/mol. The van der Waals surface area contributed by atoms with E-state index in [1.54, 1.807) is 0 Å². The topological polar surface area (TPSA) is 67.2 Å². The maximum absolute atomic E-state index is 12.5. The van der Waals surface area contributed by atoms with Crippen LogP contribution >= 0.6 is 0 Å². The van der Waals surface area contributed by atoms with Crippen LogP contribution in [-0.4, -0.2) is 33.4 Å². The van der Waals surface area contributed by atoms with Crippen molar-refractivity contribution in [2.75, 3.05) is 6.61 Å². The van der Waals surface area contributed by atoms with Gasteiger partial charge >= 0.3 is 0 Å². The molecule has 2 heterocycles. The number of fused-ring (bicyclic) bond motifs is 1. The van der Waals surface area contributed by atoms with Crippen molar-refractivity contribution in [3.05, 3.63) is 52.3 Å². The fourth-order valence-corrected chi connectivity index (χ4v) is 3.75. The molecule has 0 bridgehead atoms. The highest BCUT2D eigenvalue weighted by Crippen LogP contribution is 2.53. The highest BCUT2D eigenvalue weighted by molar-refractivity contribution is 5.92. The van der Waals surface area contributed by atoms with Gasteiger partial charge in [0.1, 0.15) is 5.69 Å². The Labute approximate surface area is 148 Å². The molecule has 1 aliphatic carbocycles. The summed E-state index contributed by atoms with van der Waals surface area (Å²) in [5, 5.41) is 17.1. The Balaban J connectivity index is 1.41. The number of aliphatic hydroxyl groups is 1. The first-order valence-electron chi connectivity index (χ1n) is 9.03. The van der Waals surface area contributed by atoms with E-state index in [-0.39, 0.29) is 18.6 Å². The van der Waals surface area contributed by atoms with Crippen LogP contribution in [0.3, 0.4) is 0 Å². The van der Waals surface area contributed by atoms with Crippen molar-refractivity contribution in [2.24, 2.45) is 5.41 Å². The van der Waals surface area contributed by atoms with Crippen LogP contribution in [0.15, 0.2) is 24.3 Å². The molecule has 5 nitrogen and oxygen atoms in total. The summed E-state index contributed by atoms with van der Waals surface area (Å²) in [5.41, 5.74) is 5.66. The van der Waals surface area contributed by atoms with Crippen LogP contribution in [0.1, 0.15) is 45.7 Å². The molecule has 1 atom stereocenters. The van der Waals surface area contributed by atoms with Crippen LogP contribution in [0.25, 0.3) is 0 Å². The summed E-state index contributed by atoms with van der Waals surface area (Å²) in [4.78, 5) is 12.5. The zero-order valence-corrected chi connectivity index (χ0v) is 14.9. The Hall–Kier alpha value is -2.14. The zero-order chi connectivity index (χ0) is 17.6. The van der Waals surface area contributed by atoms with E-state index < -0.39 is 0 Å². The quantitative estimate of drug-likeness (QED) is 0.877. The van der Waals surface area contributed by atoms with Crippen LogP contribution in [0.2, 0.25) is 0 Å². The van der Waals surface area contributed by atoms with Crippen LogP contribution in [0.5, 0.6) is 0 Å². The fraction of sp³-hybridized carbons (Fsp3) is 0.500. The van der Waals surface area contributed by atoms with Crippen LogP contribution in [-0.2, 0) is 19.4 Å². The lowest BCUT2D eigenvalue weighted by atomic mass is 10.0. The molecule has 4 rings (SSSR count). The molecule has 1 unspecified atom stereocenters. The van der Waals surface area contributed by atoms with Gasteiger partial charge in [0.05, 0.1) is 12.6 Å². The van der Waals surface area contributed by atoms with Gasteiger partial charge in [-0.1, -0.05) is 18.2 Å². The molecule has 1 aromatic heterocycles. The van der Waals surface area contributed by atoms with E-state index in [4.69, 9.17) is 0 Å². The molecule has 5 heteroatoms. The molecule has 1 amide bonds. The van der Waals surface area contributed by atoms with Gasteiger partial charge < -0.3 is 10.4 Å². The third kappa shape index (κ3) is 3.21. The van der Waals surface area contributed by atoms with Crippen molar-refractivity contribution >= 4 is 5.91 Å². The van der Waals surface area contributed by atoms with Gasteiger partial charge in [0.15, 0.2) is 0 Å². The van der Waals surface area contributed by atoms with Crippen molar-refractivity contribution in [3.63, 3.8) is 0 Å². The number of rotatable bonds is 5. The molecule has 1 aliphatic heterocycles. The van der Waals surface area contributed by atoms with Gasteiger partial charge in [-0.15, -0.1) is 0 Å². The van der Waals surface area contributed by atoms with E-state index in [0.29, 0.717) is 17.5 Å². The zero-order valence-electron chi connectivity index (χ0n) is 14.9. The molecule has 25 heavy (non-hydrogen) atoms. The highest BCUT2D eigenvalue weighted by Gasteiger charge is 2.48. The van der Waals surface area contributed by atoms with Gasteiger partial charge in [-0.25, -0.2) is 0 Å². The second-order valence-corrected chi connectivity index (χ2v) is 7.83. The van der Waals surface area contributed by atoms with E-state index in [1.165, 1.54) is 24.0 Å². The number of hydrogen-bond acceptors (Lipinski definition) is 3. The molecule has 2 aromatic rings. The third-order valence-corrected chi connectivity index (χ3v) is 5.70. The number of nitrogens with zero attached hydrogens (tertiary/aromatic N) is 2. The normalized spacial score (nSPS) is 18.2. The number of carbonyl (C=O) groups excluding carboxylic acids is 1. The molecule has 0 radical (unpaired) electrons. The molecular weight excluding hydrogens is 314 g/mol. The average molecular weight is 339 g/mol. The Morgan fingerprint density at radius 2 is 2.12 bits per heavy atom. The number of benzene rings is 1. The maximum Gasteiger partial charge on any atom is 0.272 e. The minimum atomic E-state index is -0.305. The summed E-state index contributed by atoms with van der Waals surface area (Å²) in [5.74, 6) is -0.199. The highest BCUT2D eigenvalue weighted by atomic mass is 16.3. The molecular formula is C20H25N3O2. The SMILES string of the molecule is Cc1ccc(CC(CO)NC(=O)c2cc3n(n2)CC2(CC2)C3)cc1C. The summed E-state index contributed by atoms with van der Waals surface area (Å²) in [6.07, 6.45) is 4.21. The summed E-state index contributed by atoms with van der Waals surface area (Å²) in [6.45, 7) is 5.01. The molecule has 1 spiro atoms. The molecule has 2 aliphatic rings. The first-order chi connectivity index (χ1) is 12.0. The van der Waals surface area contributed by atoms with Gasteiger partial charge in [-0.2, -0.15) is 5.10 Å². The van der Waals surface area contributed by atoms with Crippen molar-refractivity contribution in [1.29, 1.82) is 0 Å². The fourth-order valence-electron chi connectivity index (χ4n) is 3.75. The van der Waals surface area contributed by atoms with Gasteiger partial charge in [0, 0.05) is 12.2 Å². The second kappa shape index (κ2) is 5.99. The monoisotopic (exact) mass is 339 g/mol. The summed E-state index contributed by atoms with van der Waals surface area (Å²) < 4.78 is 1.99. The number of carbonyl (C=O) groups is 1. The van der Waals surface area contributed by atoms with E-state index in [0.717, 1.165) is 24.2 Å². The Morgan fingerprint density at radius 1 is 1.32 bits per heavy atom. The minimum Gasteiger partial charge on any atom is -0.394 e. The molecule has 132 valence electrons. The van der Waals surface area contributed by atoms with Crippen molar-refractivity contribution in [2.45, 2.75) is 52.1 Å². The summed E-state index contributed by atoms with van der Waals surface area (Å²) >= 11 is 0. The number of hydrogen-bond donors (Lipinski definition) is 2. The Kier molecular flexibility index (Phi) is 3.91. The van der Waals surface area contributed by atoms with Gasteiger partial charge in [-0.3, -0.25) is 9.48 Å². The number of nitrogens with one attached hydrogen (secondary N) is 1. The number of aromatic nitrogens is 2. The molecule has 1 aromatic carbocycles. The van der Waals surface area contributed by atoms with E-state index >= 15 is 0 Å². The molecule has 2 N–H and O–H groups in total. The first-order valence-corrected chi connectivity index (χ1v) is 9.03. The van der Waals surface area contributed by atoms with Crippen molar-refractivity contribution in [3.8, 4) is 0 Å². The molecule has 1 fully saturated rings. The smallest absolute Gasteiger partial charge is 0.272 e. The summed E-state index contributed by atoms with van der Waals surface area (Å²) in [7, 11) is 0. The molecule has 0 saturated heterocycles. The Bertz CT molecular complexity index is 795. The van der Waals surface area contributed by atoms with Crippen molar-refractivity contribution < 1.29 is 9.90 Å². The van der Waals surface area contributed by atoms with Gasteiger partial charge in [0.2, 0.25) is 0 Å². The standard InChI is InChI=1S/C20H25N3O2/c1-13-3-4-15(7-14(13)2)8-16(11-24)21-19(25)18-9-17-10-20(5-6-20)12-23(17)22-18/h3-4,7,9,16,24H,5-6,8,10-12H2,1-2H3,(H,21,25). The lowest BCUT2D eigenvalue weighted by molar-refractivity contribution is 0.0910. The van der Waals surface area contributed by atoms with Crippen molar-refractivity contribution in [1.82, 2.24) is 15.1 Å². The van der Waals surface area contributed by atoms with E-state index in [1.807, 2.05) is 10.7 Å². The predicted octanol–water partition coefficient (Wildman–Crippen LogP) is 2.17. The average Bonchev–Trinajstić information content (AvgIpc) is 3.08. The maximum atomic E-state index is 12.5. The number of amides is 1. The third-order valence-electron chi connectivity index (χ3n) is 5.70. The van der Waals surface area contributed by atoms with Crippen LogP contribution < -0.4 is 5.32 Å². The number of aliphatic hydroxyl groups excluding tert-OH is 1. The molecule has 1 saturated carbocycles. The second-order valence-electron chi connectivity index (χ2n) is 7.83.